The molecule has 3 rings (SSSR count). The highest BCUT2D eigenvalue weighted by Crippen LogP contribution is 2.42. The van der Waals surface area contributed by atoms with Gasteiger partial charge in [-0.05, 0) is 85.7 Å². The molecule has 0 aliphatic heterocycles. The number of esters is 1. The standard InChI is InChI=1S/C23H23ClINO2/c1-5-28-23(27)20-15(4)26(14(2)3)22(16-9-11-18(24)12-10-16)21(20)17-7-6-8-19(25)13-17/h6-14H,5H2,1-4H3. The second-order valence-electron chi connectivity index (χ2n) is 6.89. The number of aromatic nitrogens is 1. The molecular weight excluding hydrogens is 485 g/mol. The highest BCUT2D eigenvalue weighted by molar-refractivity contribution is 14.1. The molecule has 0 amide bonds. The van der Waals surface area contributed by atoms with Gasteiger partial charge in [-0.1, -0.05) is 35.9 Å². The van der Waals surface area contributed by atoms with Gasteiger partial charge in [0.2, 0.25) is 0 Å². The van der Waals surface area contributed by atoms with Crippen LogP contribution in [0.1, 0.15) is 42.9 Å². The molecule has 1 aromatic heterocycles. The van der Waals surface area contributed by atoms with Crippen molar-refractivity contribution < 1.29 is 9.53 Å². The Morgan fingerprint density at radius 1 is 1.14 bits per heavy atom. The van der Waals surface area contributed by atoms with Crippen molar-refractivity contribution in [2.24, 2.45) is 0 Å². The molecule has 0 aliphatic rings. The van der Waals surface area contributed by atoms with Crippen LogP contribution in [0, 0.1) is 10.5 Å². The van der Waals surface area contributed by atoms with Gasteiger partial charge in [0.05, 0.1) is 17.9 Å². The summed E-state index contributed by atoms with van der Waals surface area (Å²) in [6.07, 6.45) is 0. The van der Waals surface area contributed by atoms with E-state index >= 15 is 0 Å². The first-order chi connectivity index (χ1) is 13.3. The molecule has 5 heteroatoms. The van der Waals surface area contributed by atoms with E-state index in [1.807, 2.05) is 56.3 Å². The minimum absolute atomic E-state index is 0.176. The lowest BCUT2D eigenvalue weighted by atomic mass is 9.97. The minimum Gasteiger partial charge on any atom is -0.462 e. The highest BCUT2D eigenvalue weighted by atomic mass is 127. The first-order valence-corrected chi connectivity index (χ1v) is 10.7. The maximum absolute atomic E-state index is 13.0. The Balaban J connectivity index is 2.42. The van der Waals surface area contributed by atoms with Crippen LogP contribution in [0.2, 0.25) is 5.02 Å². The maximum atomic E-state index is 13.0. The van der Waals surface area contributed by atoms with E-state index < -0.39 is 0 Å². The third-order valence-electron chi connectivity index (χ3n) is 4.68. The maximum Gasteiger partial charge on any atom is 0.340 e. The zero-order valence-corrected chi connectivity index (χ0v) is 19.3. The molecule has 0 saturated heterocycles. The number of ether oxygens (including phenoxy) is 1. The van der Waals surface area contributed by atoms with Crippen LogP contribution in [0.4, 0.5) is 0 Å². The Hall–Kier alpha value is -1.79. The van der Waals surface area contributed by atoms with Crippen LogP contribution in [-0.2, 0) is 4.74 Å². The van der Waals surface area contributed by atoms with Crippen molar-refractivity contribution >= 4 is 40.2 Å². The van der Waals surface area contributed by atoms with E-state index in [0.29, 0.717) is 17.2 Å². The third-order valence-corrected chi connectivity index (χ3v) is 5.60. The van der Waals surface area contributed by atoms with E-state index in [9.17, 15) is 4.79 Å². The van der Waals surface area contributed by atoms with Gasteiger partial charge in [0.25, 0.3) is 0 Å². The summed E-state index contributed by atoms with van der Waals surface area (Å²) in [4.78, 5) is 13.0. The summed E-state index contributed by atoms with van der Waals surface area (Å²) in [7, 11) is 0. The van der Waals surface area contributed by atoms with E-state index in [2.05, 4.69) is 47.1 Å². The first kappa shape index (κ1) is 20.9. The average Bonchev–Trinajstić information content (AvgIpc) is 2.96. The lowest BCUT2D eigenvalue weighted by molar-refractivity contribution is 0.0526. The number of halogens is 2. The zero-order chi connectivity index (χ0) is 20.4. The molecule has 0 radical (unpaired) electrons. The van der Waals surface area contributed by atoms with E-state index in [-0.39, 0.29) is 12.0 Å². The van der Waals surface area contributed by atoms with Gasteiger partial charge >= 0.3 is 5.97 Å². The van der Waals surface area contributed by atoms with Crippen molar-refractivity contribution in [2.45, 2.75) is 33.7 Å². The first-order valence-electron chi connectivity index (χ1n) is 9.28. The largest absolute Gasteiger partial charge is 0.462 e. The summed E-state index contributed by atoms with van der Waals surface area (Å²) in [5.41, 5.74) is 5.47. The van der Waals surface area contributed by atoms with Gasteiger partial charge in [-0.25, -0.2) is 4.79 Å². The van der Waals surface area contributed by atoms with E-state index in [1.54, 1.807) is 0 Å². The number of benzene rings is 2. The van der Waals surface area contributed by atoms with Crippen LogP contribution in [0.15, 0.2) is 48.5 Å². The molecule has 0 atom stereocenters. The summed E-state index contributed by atoms with van der Waals surface area (Å²) >= 11 is 8.42. The average molecular weight is 508 g/mol. The molecule has 0 aliphatic carbocycles. The monoisotopic (exact) mass is 507 g/mol. The van der Waals surface area contributed by atoms with Crippen molar-refractivity contribution in [2.75, 3.05) is 6.61 Å². The summed E-state index contributed by atoms with van der Waals surface area (Å²) < 4.78 is 8.75. The van der Waals surface area contributed by atoms with Crippen LogP contribution in [0.25, 0.3) is 22.4 Å². The fourth-order valence-electron chi connectivity index (χ4n) is 3.62. The van der Waals surface area contributed by atoms with Crippen LogP contribution in [0.3, 0.4) is 0 Å². The Morgan fingerprint density at radius 2 is 1.82 bits per heavy atom. The molecule has 0 spiro atoms. The third kappa shape index (κ3) is 3.98. The predicted octanol–water partition coefficient (Wildman–Crippen LogP) is 7.15. The van der Waals surface area contributed by atoms with Crippen molar-refractivity contribution in [3.05, 3.63) is 68.4 Å². The molecular formula is C23H23ClINO2. The quantitative estimate of drug-likeness (QED) is 0.271. The zero-order valence-electron chi connectivity index (χ0n) is 16.4. The normalized spacial score (nSPS) is 11.1. The Morgan fingerprint density at radius 3 is 2.39 bits per heavy atom. The smallest absolute Gasteiger partial charge is 0.340 e. The SMILES string of the molecule is CCOC(=O)c1c(-c2cccc(I)c2)c(-c2ccc(Cl)cc2)n(C(C)C)c1C. The number of carbonyl (C=O) groups is 1. The predicted molar refractivity (Wildman–Crippen MR) is 124 cm³/mol. The molecule has 3 nitrogen and oxygen atoms in total. The van der Waals surface area contributed by atoms with E-state index in [4.69, 9.17) is 16.3 Å². The Labute approximate surface area is 184 Å². The summed E-state index contributed by atoms with van der Waals surface area (Å²) in [5.74, 6) is -0.288. The fourth-order valence-corrected chi connectivity index (χ4v) is 4.29. The molecule has 0 bridgehead atoms. The molecule has 3 aromatic rings. The van der Waals surface area contributed by atoms with E-state index in [0.717, 1.165) is 31.6 Å². The van der Waals surface area contributed by atoms with Gasteiger partial charge in [-0.2, -0.15) is 0 Å². The summed E-state index contributed by atoms with van der Waals surface area (Å²) in [6, 6.07) is 16.1. The van der Waals surface area contributed by atoms with Gasteiger partial charge in [-0.15, -0.1) is 0 Å². The summed E-state index contributed by atoms with van der Waals surface area (Å²) in [5, 5.41) is 0.685. The van der Waals surface area contributed by atoms with Crippen LogP contribution < -0.4 is 0 Å². The molecule has 0 saturated carbocycles. The number of carbonyl (C=O) groups excluding carboxylic acids is 1. The number of rotatable bonds is 5. The summed E-state index contributed by atoms with van der Waals surface area (Å²) in [6.45, 7) is 8.41. The molecule has 2 aromatic carbocycles. The van der Waals surface area contributed by atoms with E-state index in [1.165, 1.54) is 0 Å². The van der Waals surface area contributed by atoms with Crippen LogP contribution in [-0.4, -0.2) is 17.1 Å². The van der Waals surface area contributed by atoms with Gasteiger partial charge in [0, 0.05) is 25.9 Å². The number of nitrogens with zero attached hydrogens (tertiary/aromatic N) is 1. The second kappa shape index (κ2) is 8.70. The molecule has 146 valence electrons. The topological polar surface area (TPSA) is 31.2 Å². The number of hydrogen-bond acceptors (Lipinski definition) is 2. The fraction of sp³-hybridized carbons (Fsp3) is 0.261. The Bertz CT molecular complexity index is 1010. The minimum atomic E-state index is -0.288. The van der Waals surface area contributed by atoms with Crippen molar-refractivity contribution in [3.8, 4) is 22.4 Å². The molecule has 0 fully saturated rings. The van der Waals surface area contributed by atoms with Crippen molar-refractivity contribution in [3.63, 3.8) is 0 Å². The molecule has 0 unspecified atom stereocenters. The molecule has 1 heterocycles. The van der Waals surface area contributed by atoms with Gasteiger partial charge in [0.1, 0.15) is 0 Å². The molecule has 0 N–H and O–H groups in total. The van der Waals surface area contributed by atoms with Gasteiger partial charge in [-0.3, -0.25) is 0 Å². The van der Waals surface area contributed by atoms with Crippen molar-refractivity contribution in [1.29, 1.82) is 0 Å². The highest BCUT2D eigenvalue weighted by Gasteiger charge is 2.28. The second-order valence-corrected chi connectivity index (χ2v) is 8.57. The number of hydrogen-bond donors (Lipinski definition) is 0. The van der Waals surface area contributed by atoms with Gasteiger partial charge < -0.3 is 9.30 Å². The molecule has 28 heavy (non-hydrogen) atoms. The lowest BCUT2D eigenvalue weighted by Gasteiger charge is -2.17. The van der Waals surface area contributed by atoms with Crippen LogP contribution >= 0.6 is 34.2 Å². The van der Waals surface area contributed by atoms with Gasteiger partial charge in [0.15, 0.2) is 0 Å². The lowest BCUT2D eigenvalue weighted by Crippen LogP contribution is -2.09. The van der Waals surface area contributed by atoms with Crippen LogP contribution in [0.5, 0.6) is 0 Å². The Kier molecular flexibility index (Phi) is 6.50. The van der Waals surface area contributed by atoms with Crippen molar-refractivity contribution in [1.82, 2.24) is 4.57 Å².